The van der Waals surface area contributed by atoms with Crippen LogP contribution >= 0.6 is 0 Å². The summed E-state index contributed by atoms with van der Waals surface area (Å²) in [6, 6.07) is 10.9. The summed E-state index contributed by atoms with van der Waals surface area (Å²) >= 11 is 0. The Morgan fingerprint density at radius 3 is 2.54 bits per heavy atom. The van der Waals surface area contributed by atoms with Crippen LogP contribution in [0.1, 0.15) is 32.1 Å². The fourth-order valence-corrected chi connectivity index (χ4v) is 5.45. The quantitative estimate of drug-likeness (QED) is 0.931. The van der Waals surface area contributed by atoms with Crippen molar-refractivity contribution in [3.05, 3.63) is 36.4 Å². The van der Waals surface area contributed by atoms with Crippen molar-refractivity contribution in [1.29, 1.82) is 0 Å². The molecule has 1 aliphatic carbocycles. The second-order valence-electron chi connectivity index (χ2n) is 6.55. The number of carbonyl (C=O) groups is 1. The Kier molecular flexibility index (Phi) is 3.72. The van der Waals surface area contributed by atoms with Gasteiger partial charge in [-0.15, -0.1) is 0 Å². The standard InChI is InChI=1S/C18H20N2O3S/c21-17(19-14-8-2-1-3-9-14)12-20-15-10-4-6-13-7-5-11-16(18(13)15)24(20,22)23/h4-7,10-11,14H,1-3,8-9,12H2,(H,19,21). The molecule has 24 heavy (non-hydrogen) atoms. The Hall–Kier alpha value is -2.08. The Morgan fingerprint density at radius 2 is 1.79 bits per heavy atom. The number of hydrogen-bond acceptors (Lipinski definition) is 3. The molecule has 4 rings (SSSR count). The van der Waals surface area contributed by atoms with Crippen molar-refractivity contribution in [1.82, 2.24) is 5.32 Å². The predicted molar refractivity (Wildman–Crippen MR) is 93.5 cm³/mol. The lowest BCUT2D eigenvalue weighted by Crippen LogP contribution is -2.43. The smallest absolute Gasteiger partial charge is 0.265 e. The molecule has 0 radical (unpaired) electrons. The number of rotatable bonds is 3. The maximum absolute atomic E-state index is 12.8. The summed E-state index contributed by atoms with van der Waals surface area (Å²) in [6.07, 6.45) is 5.42. The molecule has 1 fully saturated rings. The SMILES string of the molecule is O=C(CN1c2cccc3cccc(c23)S1(=O)=O)NC1CCCCC1. The minimum absolute atomic E-state index is 0.160. The van der Waals surface area contributed by atoms with Gasteiger partial charge in [0.15, 0.2) is 0 Å². The highest BCUT2D eigenvalue weighted by molar-refractivity contribution is 7.93. The summed E-state index contributed by atoms with van der Waals surface area (Å²) in [5.74, 6) is -0.227. The van der Waals surface area contributed by atoms with Crippen LogP contribution in [0.25, 0.3) is 10.8 Å². The average molecular weight is 344 g/mol. The van der Waals surface area contributed by atoms with Gasteiger partial charge in [-0.3, -0.25) is 9.10 Å². The topological polar surface area (TPSA) is 66.5 Å². The largest absolute Gasteiger partial charge is 0.352 e. The molecule has 2 aromatic rings. The average Bonchev–Trinajstić information content (AvgIpc) is 2.79. The van der Waals surface area contributed by atoms with Gasteiger partial charge in [0.1, 0.15) is 6.54 Å². The van der Waals surface area contributed by atoms with Gasteiger partial charge in [0.2, 0.25) is 5.91 Å². The van der Waals surface area contributed by atoms with E-state index in [2.05, 4.69) is 5.32 Å². The van der Waals surface area contributed by atoms with Crippen molar-refractivity contribution in [2.24, 2.45) is 0 Å². The van der Waals surface area contributed by atoms with Crippen molar-refractivity contribution < 1.29 is 13.2 Å². The number of amides is 1. The molecule has 2 aromatic carbocycles. The van der Waals surface area contributed by atoms with E-state index in [1.807, 2.05) is 18.2 Å². The molecule has 0 spiro atoms. The summed E-state index contributed by atoms with van der Waals surface area (Å²) in [5.41, 5.74) is 0.599. The highest BCUT2D eigenvalue weighted by Crippen LogP contribution is 2.41. The Labute approximate surface area is 141 Å². The number of sulfonamides is 1. The first kappa shape index (κ1) is 15.4. The van der Waals surface area contributed by atoms with E-state index in [1.165, 1.54) is 10.7 Å². The molecule has 1 saturated carbocycles. The zero-order chi connectivity index (χ0) is 16.7. The van der Waals surface area contributed by atoms with Crippen LogP contribution < -0.4 is 9.62 Å². The van der Waals surface area contributed by atoms with Gasteiger partial charge in [-0.25, -0.2) is 8.42 Å². The molecule has 0 bridgehead atoms. The van der Waals surface area contributed by atoms with Crippen molar-refractivity contribution in [3.63, 3.8) is 0 Å². The Bertz CT molecular complexity index is 896. The lowest BCUT2D eigenvalue weighted by atomic mass is 9.95. The maximum Gasteiger partial charge on any atom is 0.265 e. The fourth-order valence-electron chi connectivity index (χ4n) is 3.78. The molecule has 1 aliphatic heterocycles. The molecule has 1 heterocycles. The summed E-state index contributed by atoms with van der Waals surface area (Å²) in [7, 11) is -3.66. The predicted octanol–water partition coefficient (Wildman–Crippen LogP) is 2.80. The number of nitrogens with one attached hydrogen (secondary N) is 1. The second kappa shape index (κ2) is 5.77. The number of carbonyl (C=O) groups excluding carboxylic acids is 1. The van der Waals surface area contributed by atoms with Crippen LogP contribution in [-0.4, -0.2) is 26.9 Å². The van der Waals surface area contributed by atoms with Crippen LogP contribution in [0.4, 0.5) is 5.69 Å². The van der Waals surface area contributed by atoms with Gasteiger partial charge in [0.25, 0.3) is 10.0 Å². The Morgan fingerprint density at radius 1 is 1.08 bits per heavy atom. The van der Waals surface area contributed by atoms with Crippen LogP contribution in [0.15, 0.2) is 41.3 Å². The zero-order valence-electron chi connectivity index (χ0n) is 13.4. The van der Waals surface area contributed by atoms with Gasteiger partial charge in [-0.2, -0.15) is 0 Å². The third-order valence-electron chi connectivity index (χ3n) is 4.94. The van der Waals surface area contributed by atoms with Crippen molar-refractivity contribution >= 4 is 32.4 Å². The summed E-state index contributed by atoms with van der Waals surface area (Å²) in [5, 5.41) is 4.59. The van der Waals surface area contributed by atoms with Crippen molar-refractivity contribution in [3.8, 4) is 0 Å². The third kappa shape index (κ3) is 2.45. The summed E-state index contributed by atoms with van der Waals surface area (Å²) in [4.78, 5) is 12.7. The molecule has 1 N–H and O–H groups in total. The summed E-state index contributed by atoms with van der Waals surface area (Å²) in [6.45, 7) is -0.160. The van der Waals surface area contributed by atoms with Crippen molar-refractivity contribution in [2.45, 2.75) is 43.0 Å². The molecule has 1 amide bonds. The number of hydrogen-bond donors (Lipinski definition) is 1. The normalized spacial score (nSPS) is 19.6. The molecule has 0 unspecified atom stereocenters. The first-order valence-electron chi connectivity index (χ1n) is 8.41. The molecular formula is C18H20N2O3S. The van der Waals surface area contributed by atoms with Gasteiger partial charge in [-0.1, -0.05) is 43.5 Å². The molecule has 0 aromatic heterocycles. The molecule has 5 nitrogen and oxygen atoms in total. The number of nitrogens with zero attached hydrogens (tertiary/aromatic N) is 1. The number of benzene rings is 2. The van der Waals surface area contributed by atoms with Gasteiger partial charge in [-0.05, 0) is 30.4 Å². The molecule has 0 atom stereocenters. The van der Waals surface area contributed by atoms with Gasteiger partial charge in [0.05, 0.1) is 10.6 Å². The molecule has 6 heteroatoms. The van der Waals surface area contributed by atoms with E-state index in [0.717, 1.165) is 31.1 Å². The van der Waals surface area contributed by atoms with Crippen molar-refractivity contribution in [2.75, 3.05) is 10.8 Å². The third-order valence-corrected chi connectivity index (χ3v) is 6.74. The molecular weight excluding hydrogens is 324 g/mol. The molecule has 0 saturated heterocycles. The summed E-state index contributed by atoms with van der Waals surface area (Å²) < 4.78 is 26.9. The zero-order valence-corrected chi connectivity index (χ0v) is 14.2. The first-order chi connectivity index (χ1) is 11.6. The first-order valence-corrected chi connectivity index (χ1v) is 9.85. The van der Waals surface area contributed by atoms with E-state index < -0.39 is 10.0 Å². The van der Waals surface area contributed by atoms with E-state index in [-0.39, 0.29) is 18.5 Å². The second-order valence-corrected chi connectivity index (χ2v) is 8.38. The molecule has 126 valence electrons. The van der Waals surface area contributed by atoms with Crippen LogP contribution in [0.5, 0.6) is 0 Å². The van der Waals surface area contributed by atoms with Crippen LogP contribution in [-0.2, 0) is 14.8 Å². The van der Waals surface area contributed by atoms with E-state index >= 15 is 0 Å². The highest BCUT2D eigenvalue weighted by Gasteiger charge is 2.36. The van der Waals surface area contributed by atoms with Gasteiger partial charge in [0, 0.05) is 11.4 Å². The lowest BCUT2D eigenvalue weighted by Gasteiger charge is -2.24. The molecule has 2 aliphatic rings. The van der Waals surface area contributed by atoms with E-state index in [0.29, 0.717) is 16.0 Å². The van der Waals surface area contributed by atoms with Gasteiger partial charge < -0.3 is 5.32 Å². The highest BCUT2D eigenvalue weighted by atomic mass is 32.2. The minimum atomic E-state index is -3.66. The van der Waals surface area contributed by atoms with Gasteiger partial charge >= 0.3 is 0 Å². The monoisotopic (exact) mass is 344 g/mol. The number of anilines is 1. The van der Waals surface area contributed by atoms with E-state index in [4.69, 9.17) is 0 Å². The Balaban J connectivity index is 1.62. The van der Waals surface area contributed by atoms with E-state index in [1.54, 1.807) is 18.2 Å². The van der Waals surface area contributed by atoms with Crippen LogP contribution in [0.3, 0.4) is 0 Å². The van der Waals surface area contributed by atoms with E-state index in [9.17, 15) is 13.2 Å². The fraction of sp³-hybridized carbons (Fsp3) is 0.389. The lowest BCUT2D eigenvalue weighted by molar-refractivity contribution is -0.120. The van der Waals surface area contributed by atoms with Crippen LogP contribution in [0, 0.1) is 0 Å². The van der Waals surface area contributed by atoms with Crippen LogP contribution in [0.2, 0.25) is 0 Å². The minimum Gasteiger partial charge on any atom is -0.352 e. The maximum atomic E-state index is 12.8.